The Hall–Kier alpha value is -0.600. The molecule has 0 fully saturated rings. The number of carbonyl (C=O) groups is 1. The summed E-state index contributed by atoms with van der Waals surface area (Å²) in [6.07, 6.45) is 2.26. The van der Waals surface area contributed by atoms with Crippen molar-refractivity contribution < 1.29 is 9.90 Å². The second-order valence-electron chi connectivity index (χ2n) is 2.11. The van der Waals surface area contributed by atoms with Crippen molar-refractivity contribution in [3.05, 3.63) is 22.3 Å². The molecule has 0 aliphatic rings. The second-order valence-corrected chi connectivity index (χ2v) is 2.51. The Morgan fingerprint density at radius 3 is 2.45 bits per heavy atom. The van der Waals surface area contributed by atoms with Crippen LogP contribution in [0.4, 0.5) is 0 Å². The Morgan fingerprint density at radius 1 is 1.64 bits per heavy atom. The fourth-order valence-electron chi connectivity index (χ4n) is 0.601. The molecule has 62 valence electrons. The van der Waals surface area contributed by atoms with Crippen molar-refractivity contribution in [2.24, 2.45) is 0 Å². The van der Waals surface area contributed by atoms with E-state index in [4.69, 9.17) is 16.7 Å². The van der Waals surface area contributed by atoms with Crippen molar-refractivity contribution in [3.8, 4) is 0 Å². The molecule has 2 nitrogen and oxygen atoms in total. The predicted octanol–water partition coefficient (Wildman–Crippen LogP) is 1.64. The van der Waals surface area contributed by atoms with Gasteiger partial charge in [-0.1, -0.05) is 17.7 Å². The number of allylic oxidation sites excluding steroid dienone is 3. The van der Waals surface area contributed by atoms with E-state index in [0.717, 1.165) is 0 Å². The summed E-state index contributed by atoms with van der Waals surface area (Å²) >= 11 is 5.67. The van der Waals surface area contributed by atoms with Crippen LogP contribution in [0.5, 0.6) is 0 Å². The monoisotopic (exact) mass is 174 g/mol. The van der Waals surface area contributed by atoms with Gasteiger partial charge in [-0.3, -0.25) is 4.79 Å². The zero-order chi connectivity index (χ0) is 8.85. The molecule has 0 aliphatic heterocycles. The van der Waals surface area contributed by atoms with Gasteiger partial charge in [0.1, 0.15) is 0 Å². The summed E-state index contributed by atoms with van der Waals surface area (Å²) in [5, 5.41) is 9.06. The van der Waals surface area contributed by atoms with E-state index >= 15 is 0 Å². The van der Waals surface area contributed by atoms with E-state index in [1.54, 1.807) is 19.9 Å². The van der Waals surface area contributed by atoms with Gasteiger partial charge in [0, 0.05) is 10.6 Å². The maximum Gasteiger partial charge on any atom is 0.151 e. The van der Waals surface area contributed by atoms with Gasteiger partial charge in [0.15, 0.2) is 6.29 Å². The highest BCUT2D eigenvalue weighted by Crippen LogP contribution is 2.15. The van der Waals surface area contributed by atoms with E-state index in [1.165, 1.54) is 0 Å². The molecule has 0 heterocycles. The molecule has 1 N–H and O–H groups in total. The summed E-state index contributed by atoms with van der Waals surface area (Å²) in [5.41, 5.74) is 0.958. The van der Waals surface area contributed by atoms with E-state index < -0.39 is 0 Å². The molecule has 0 atom stereocenters. The molecule has 0 amide bonds. The Kier molecular flexibility index (Phi) is 4.83. The Bertz CT molecular complexity index is 204. The van der Waals surface area contributed by atoms with Crippen molar-refractivity contribution in [2.45, 2.75) is 13.8 Å². The summed E-state index contributed by atoms with van der Waals surface area (Å²) in [5.74, 6) is 0. The first kappa shape index (κ1) is 10.4. The Balaban J connectivity index is 4.80. The van der Waals surface area contributed by atoms with Crippen LogP contribution in [0.2, 0.25) is 0 Å². The van der Waals surface area contributed by atoms with Gasteiger partial charge < -0.3 is 5.11 Å². The number of aldehydes is 1. The SMILES string of the molecule is CC=C(Cl)C(C=O)=C(C)CO. The molecule has 0 aromatic carbocycles. The van der Waals surface area contributed by atoms with Gasteiger partial charge in [-0.25, -0.2) is 0 Å². The fraction of sp³-hybridized carbons (Fsp3) is 0.375. The van der Waals surface area contributed by atoms with Crippen LogP contribution < -0.4 is 0 Å². The standard InChI is InChI=1S/C8H11ClO2/c1-3-8(9)7(5-11)6(2)4-10/h3,5,10H,4H2,1-2H3. The van der Waals surface area contributed by atoms with Crippen LogP contribution in [0, 0.1) is 0 Å². The molecule has 11 heavy (non-hydrogen) atoms. The Morgan fingerprint density at radius 2 is 2.18 bits per heavy atom. The Labute approximate surface area is 71.2 Å². The topological polar surface area (TPSA) is 37.3 Å². The van der Waals surface area contributed by atoms with Gasteiger partial charge >= 0.3 is 0 Å². The first-order valence-electron chi connectivity index (χ1n) is 3.25. The molecular formula is C8H11ClO2. The summed E-state index contributed by atoms with van der Waals surface area (Å²) in [7, 11) is 0. The molecule has 0 spiro atoms. The number of hydrogen-bond acceptors (Lipinski definition) is 2. The molecular weight excluding hydrogens is 164 g/mol. The lowest BCUT2D eigenvalue weighted by atomic mass is 10.1. The molecule has 0 saturated heterocycles. The molecule has 0 aromatic heterocycles. The van der Waals surface area contributed by atoms with Crippen LogP contribution in [-0.4, -0.2) is 18.0 Å². The molecule has 0 aromatic rings. The lowest BCUT2D eigenvalue weighted by molar-refractivity contribution is -0.104. The summed E-state index contributed by atoms with van der Waals surface area (Å²) in [4.78, 5) is 10.4. The first-order chi connectivity index (χ1) is 5.17. The molecule has 0 saturated carbocycles. The second kappa shape index (κ2) is 5.10. The molecule has 3 heteroatoms. The first-order valence-corrected chi connectivity index (χ1v) is 3.63. The van der Waals surface area contributed by atoms with Crippen LogP contribution >= 0.6 is 11.6 Å². The van der Waals surface area contributed by atoms with Gasteiger partial charge in [-0.15, -0.1) is 0 Å². The van der Waals surface area contributed by atoms with Crippen LogP contribution in [0.25, 0.3) is 0 Å². The highest BCUT2D eigenvalue weighted by molar-refractivity contribution is 6.34. The number of aliphatic hydroxyl groups is 1. The van der Waals surface area contributed by atoms with Gasteiger partial charge in [0.05, 0.1) is 6.61 Å². The summed E-state index contributed by atoms with van der Waals surface area (Å²) in [6, 6.07) is 0. The zero-order valence-electron chi connectivity index (χ0n) is 6.60. The number of hydrogen-bond donors (Lipinski definition) is 1. The van der Waals surface area contributed by atoms with E-state index in [9.17, 15) is 4.79 Å². The highest BCUT2D eigenvalue weighted by atomic mass is 35.5. The highest BCUT2D eigenvalue weighted by Gasteiger charge is 2.03. The fourth-order valence-corrected chi connectivity index (χ4v) is 0.807. The summed E-state index contributed by atoms with van der Waals surface area (Å²) < 4.78 is 0. The minimum Gasteiger partial charge on any atom is -0.392 e. The third kappa shape index (κ3) is 2.87. The number of aliphatic hydroxyl groups excluding tert-OH is 1. The average molecular weight is 175 g/mol. The van der Waals surface area contributed by atoms with Crippen molar-refractivity contribution >= 4 is 17.9 Å². The van der Waals surface area contributed by atoms with Crippen LogP contribution in [0.3, 0.4) is 0 Å². The molecule has 0 rings (SSSR count). The van der Waals surface area contributed by atoms with E-state index in [2.05, 4.69) is 0 Å². The van der Waals surface area contributed by atoms with Crippen molar-refractivity contribution in [1.82, 2.24) is 0 Å². The smallest absolute Gasteiger partial charge is 0.151 e. The van der Waals surface area contributed by atoms with E-state index in [1.807, 2.05) is 0 Å². The largest absolute Gasteiger partial charge is 0.392 e. The van der Waals surface area contributed by atoms with Crippen molar-refractivity contribution in [3.63, 3.8) is 0 Å². The molecule has 0 aliphatic carbocycles. The van der Waals surface area contributed by atoms with Gasteiger partial charge in [-0.2, -0.15) is 0 Å². The lowest BCUT2D eigenvalue weighted by Gasteiger charge is -2.00. The molecule has 0 radical (unpaired) electrons. The quantitative estimate of drug-likeness (QED) is 0.401. The van der Waals surface area contributed by atoms with Crippen LogP contribution in [-0.2, 0) is 4.79 Å². The lowest BCUT2D eigenvalue weighted by Crippen LogP contribution is -1.94. The maximum atomic E-state index is 10.4. The third-order valence-electron chi connectivity index (χ3n) is 1.33. The summed E-state index contributed by atoms with van der Waals surface area (Å²) in [6.45, 7) is 3.25. The zero-order valence-corrected chi connectivity index (χ0v) is 7.35. The normalized spacial score (nSPS) is 14.4. The van der Waals surface area contributed by atoms with E-state index in [0.29, 0.717) is 22.5 Å². The third-order valence-corrected chi connectivity index (χ3v) is 1.75. The van der Waals surface area contributed by atoms with E-state index in [-0.39, 0.29) is 6.61 Å². The van der Waals surface area contributed by atoms with Crippen molar-refractivity contribution in [2.75, 3.05) is 6.61 Å². The number of halogens is 1. The van der Waals surface area contributed by atoms with Gasteiger partial charge in [0.2, 0.25) is 0 Å². The van der Waals surface area contributed by atoms with Crippen LogP contribution in [0.15, 0.2) is 22.3 Å². The minimum atomic E-state index is -0.141. The van der Waals surface area contributed by atoms with Gasteiger partial charge in [-0.05, 0) is 19.4 Å². The van der Waals surface area contributed by atoms with Gasteiger partial charge in [0.25, 0.3) is 0 Å². The van der Waals surface area contributed by atoms with Crippen molar-refractivity contribution in [1.29, 1.82) is 0 Å². The number of rotatable bonds is 3. The minimum absolute atomic E-state index is 0.141. The predicted molar refractivity (Wildman–Crippen MR) is 45.5 cm³/mol. The average Bonchev–Trinajstić information content (AvgIpc) is 2.05. The molecule has 0 unspecified atom stereocenters. The van der Waals surface area contributed by atoms with Crippen LogP contribution in [0.1, 0.15) is 13.8 Å². The maximum absolute atomic E-state index is 10.4. The molecule has 0 bridgehead atoms. The number of carbonyl (C=O) groups excluding carboxylic acids is 1.